The average molecular weight is 293 g/mol. The molecular weight excluding hydrogens is 270 g/mol. The standard InChI is InChI=1S/C16H23NO2S/c1-12(2)7-8-13(3)17-16(19)15-10-9-14(20-15)6-4-5-11-18/h9-10,12-13,18H,5,7-8,11H2,1-3H3,(H,17,19). The lowest BCUT2D eigenvalue weighted by molar-refractivity contribution is 0.0941. The summed E-state index contributed by atoms with van der Waals surface area (Å²) in [5, 5.41) is 11.7. The van der Waals surface area contributed by atoms with Crippen molar-refractivity contribution in [3.05, 3.63) is 21.9 Å². The van der Waals surface area contributed by atoms with Crippen LogP contribution in [0.4, 0.5) is 0 Å². The molecule has 0 bridgehead atoms. The van der Waals surface area contributed by atoms with Crippen LogP contribution in [-0.4, -0.2) is 23.7 Å². The van der Waals surface area contributed by atoms with Crippen LogP contribution in [0.5, 0.6) is 0 Å². The molecule has 2 N–H and O–H groups in total. The van der Waals surface area contributed by atoms with Crippen molar-refractivity contribution in [1.29, 1.82) is 0 Å². The second-order valence-corrected chi connectivity index (χ2v) is 6.37. The molecule has 1 aromatic rings. The van der Waals surface area contributed by atoms with Crippen molar-refractivity contribution in [3.63, 3.8) is 0 Å². The maximum atomic E-state index is 12.1. The maximum Gasteiger partial charge on any atom is 0.261 e. The number of carbonyl (C=O) groups is 1. The van der Waals surface area contributed by atoms with E-state index in [1.54, 1.807) is 6.07 Å². The van der Waals surface area contributed by atoms with Gasteiger partial charge in [-0.15, -0.1) is 11.3 Å². The summed E-state index contributed by atoms with van der Waals surface area (Å²) in [6.07, 6.45) is 2.58. The van der Waals surface area contributed by atoms with Gasteiger partial charge in [0.1, 0.15) is 0 Å². The van der Waals surface area contributed by atoms with Gasteiger partial charge in [-0.25, -0.2) is 0 Å². The molecule has 0 saturated carbocycles. The van der Waals surface area contributed by atoms with E-state index in [-0.39, 0.29) is 18.6 Å². The van der Waals surface area contributed by atoms with Crippen LogP contribution in [0.1, 0.15) is 54.6 Å². The largest absolute Gasteiger partial charge is 0.395 e. The fourth-order valence-corrected chi connectivity index (χ4v) is 2.47. The summed E-state index contributed by atoms with van der Waals surface area (Å²) in [6.45, 7) is 6.48. The fourth-order valence-electron chi connectivity index (χ4n) is 1.68. The number of nitrogens with one attached hydrogen (secondary N) is 1. The first-order valence-corrected chi connectivity index (χ1v) is 7.85. The number of rotatable bonds is 6. The number of amides is 1. The van der Waals surface area contributed by atoms with Crippen LogP contribution in [0.25, 0.3) is 0 Å². The third-order valence-corrected chi connectivity index (χ3v) is 3.83. The number of carbonyl (C=O) groups excluding carboxylic acids is 1. The smallest absolute Gasteiger partial charge is 0.261 e. The van der Waals surface area contributed by atoms with Crippen LogP contribution in [0, 0.1) is 17.8 Å². The molecule has 0 aliphatic carbocycles. The van der Waals surface area contributed by atoms with Crippen molar-refractivity contribution in [2.75, 3.05) is 6.61 Å². The van der Waals surface area contributed by atoms with Gasteiger partial charge >= 0.3 is 0 Å². The summed E-state index contributed by atoms with van der Waals surface area (Å²) >= 11 is 1.39. The Labute approximate surface area is 125 Å². The second kappa shape index (κ2) is 8.78. The number of aliphatic hydroxyl groups excluding tert-OH is 1. The van der Waals surface area contributed by atoms with Crippen molar-refractivity contribution in [3.8, 4) is 11.8 Å². The highest BCUT2D eigenvalue weighted by Crippen LogP contribution is 2.16. The van der Waals surface area contributed by atoms with E-state index in [9.17, 15) is 4.79 Å². The van der Waals surface area contributed by atoms with E-state index in [1.807, 2.05) is 13.0 Å². The van der Waals surface area contributed by atoms with Gasteiger partial charge in [0.05, 0.1) is 16.4 Å². The molecule has 1 amide bonds. The van der Waals surface area contributed by atoms with Gasteiger partial charge < -0.3 is 10.4 Å². The Morgan fingerprint density at radius 1 is 1.35 bits per heavy atom. The molecule has 110 valence electrons. The van der Waals surface area contributed by atoms with Crippen LogP contribution in [0.15, 0.2) is 12.1 Å². The Bertz CT molecular complexity index is 482. The fraction of sp³-hybridized carbons (Fsp3) is 0.562. The first-order chi connectivity index (χ1) is 9.52. The van der Waals surface area contributed by atoms with Gasteiger partial charge in [-0.1, -0.05) is 25.7 Å². The molecule has 0 aromatic carbocycles. The number of aliphatic hydroxyl groups is 1. The zero-order chi connectivity index (χ0) is 15.0. The Morgan fingerprint density at radius 3 is 2.75 bits per heavy atom. The van der Waals surface area contributed by atoms with Gasteiger partial charge in [0.25, 0.3) is 5.91 Å². The lowest BCUT2D eigenvalue weighted by Crippen LogP contribution is -2.32. The topological polar surface area (TPSA) is 49.3 Å². The molecule has 0 saturated heterocycles. The third kappa shape index (κ3) is 6.23. The molecule has 0 fully saturated rings. The highest BCUT2D eigenvalue weighted by atomic mass is 32.1. The first-order valence-electron chi connectivity index (χ1n) is 7.03. The van der Waals surface area contributed by atoms with E-state index >= 15 is 0 Å². The van der Waals surface area contributed by atoms with E-state index in [0.29, 0.717) is 17.2 Å². The highest BCUT2D eigenvalue weighted by molar-refractivity contribution is 7.14. The van der Waals surface area contributed by atoms with E-state index in [2.05, 4.69) is 31.0 Å². The van der Waals surface area contributed by atoms with Crippen molar-refractivity contribution < 1.29 is 9.90 Å². The summed E-state index contributed by atoms with van der Waals surface area (Å²) in [4.78, 5) is 13.6. The number of hydrogen-bond donors (Lipinski definition) is 2. The van der Waals surface area contributed by atoms with Gasteiger partial charge in [-0.05, 0) is 37.8 Å². The molecule has 3 nitrogen and oxygen atoms in total. The zero-order valence-corrected chi connectivity index (χ0v) is 13.2. The summed E-state index contributed by atoms with van der Waals surface area (Å²) < 4.78 is 0. The Balaban J connectivity index is 2.50. The summed E-state index contributed by atoms with van der Waals surface area (Å²) in [5.74, 6) is 6.43. The summed E-state index contributed by atoms with van der Waals surface area (Å²) in [7, 11) is 0. The molecule has 1 atom stereocenters. The van der Waals surface area contributed by atoms with Crippen LogP contribution >= 0.6 is 11.3 Å². The third-order valence-electron chi connectivity index (χ3n) is 2.83. The second-order valence-electron chi connectivity index (χ2n) is 5.28. The monoisotopic (exact) mass is 293 g/mol. The summed E-state index contributed by atoms with van der Waals surface area (Å²) in [6, 6.07) is 3.84. The molecular formula is C16H23NO2S. The molecule has 0 spiro atoms. The van der Waals surface area contributed by atoms with E-state index < -0.39 is 0 Å². The molecule has 0 radical (unpaired) electrons. The predicted octanol–water partition coefficient (Wildman–Crippen LogP) is 3.04. The SMILES string of the molecule is CC(C)CCC(C)NC(=O)c1ccc(C#CCCO)s1. The van der Waals surface area contributed by atoms with E-state index in [4.69, 9.17) is 5.11 Å². The minimum atomic E-state index is -0.0264. The van der Waals surface area contributed by atoms with Crippen LogP contribution in [0.2, 0.25) is 0 Å². The van der Waals surface area contributed by atoms with E-state index in [0.717, 1.165) is 17.7 Å². The molecule has 1 rings (SSSR count). The van der Waals surface area contributed by atoms with E-state index in [1.165, 1.54) is 11.3 Å². The quantitative estimate of drug-likeness (QED) is 0.792. The Kier molecular flexibility index (Phi) is 7.35. The van der Waals surface area contributed by atoms with Gasteiger partial charge in [-0.2, -0.15) is 0 Å². The number of hydrogen-bond acceptors (Lipinski definition) is 3. The van der Waals surface area contributed by atoms with Crippen molar-refractivity contribution in [1.82, 2.24) is 5.32 Å². The normalized spacial score (nSPS) is 11.8. The van der Waals surface area contributed by atoms with Gasteiger partial charge in [-0.3, -0.25) is 4.79 Å². The highest BCUT2D eigenvalue weighted by Gasteiger charge is 2.12. The van der Waals surface area contributed by atoms with Crippen LogP contribution in [-0.2, 0) is 0 Å². The maximum absolute atomic E-state index is 12.1. The average Bonchev–Trinajstić information content (AvgIpc) is 2.85. The number of thiophene rings is 1. The van der Waals surface area contributed by atoms with Crippen molar-refractivity contribution >= 4 is 17.2 Å². The lowest BCUT2D eigenvalue weighted by Gasteiger charge is -2.14. The van der Waals surface area contributed by atoms with Crippen LogP contribution < -0.4 is 5.32 Å². The molecule has 1 aromatic heterocycles. The van der Waals surface area contributed by atoms with Gasteiger partial charge in [0, 0.05) is 12.5 Å². The molecule has 1 unspecified atom stereocenters. The molecule has 0 aliphatic rings. The molecule has 0 aliphatic heterocycles. The molecule has 20 heavy (non-hydrogen) atoms. The van der Waals surface area contributed by atoms with Gasteiger partial charge in [0.2, 0.25) is 0 Å². The van der Waals surface area contributed by atoms with Crippen molar-refractivity contribution in [2.45, 2.75) is 46.1 Å². The molecule has 1 heterocycles. The Morgan fingerprint density at radius 2 is 2.10 bits per heavy atom. The lowest BCUT2D eigenvalue weighted by atomic mass is 10.0. The van der Waals surface area contributed by atoms with Crippen molar-refractivity contribution in [2.24, 2.45) is 5.92 Å². The van der Waals surface area contributed by atoms with Gasteiger partial charge in [0.15, 0.2) is 0 Å². The minimum absolute atomic E-state index is 0.0264. The Hall–Kier alpha value is -1.31. The predicted molar refractivity (Wildman–Crippen MR) is 83.9 cm³/mol. The summed E-state index contributed by atoms with van der Waals surface area (Å²) in [5.41, 5.74) is 0. The molecule has 4 heteroatoms. The first kappa shape index (κ1) is 16.7. The minimum Gasteiger partial charge on any atom is -0.395 e. The van der Waals surface area contributed by atoms with Crippen LogP contribution in [0.3, 0.4) is 0 Å². The zero-order valence-electron chi connectivity index (χ0n) is 12.4.